The van der Waals surface area contributed by atoms with Crippen LogP contribution in [-0.4, -0.2) is 51.0 Å². The summed E-state index contributed by atoms with van der Waals surface area (Å²) in [5, 5.41) is 3.16. The van der Waals surface area contributed by atoms with Gasteiger partial charge in [-0.25, -0.2) is 0 Å². The third-order valence-electron chi connectivity index (χ3n) is 5.78. The molecule has 0 saturated carbocycles. The average Bonchev–Trinajstić information content (AvgIpc) is 3.23. The number of hydrogen-bond donors (Lipinski definition) is 1. The van der Waals surface area contributed by atoms with Crippen LogP contribution >= 0.6 is 0 Å². The molecule has 2 heterocycles. The van der Waals surface area contributed by atoms with Gasteiger partial charge in [0.05, 0.1) is 14.2 Å². The maximum Gasteiger partial charge on any atom is 0.251 e. The van der Waals surface area contributed by atoms with E-state index in [1.54, 1.807) is 26.4 Å². The molecule has 0 unspecified atom stereocenters. The van der Waals surface area contributed by atoms with E-state index in [1.807, 2.05) is 19.1 Å². The summed E-state index contributed by atoms with van der Waals surface area (Å²) in [5.41, 5.74) is 2.64. The minimum atomic E-state index is -0.0965. The van der Waals surface area contributed by atoms with Crippen molar-refractivity contribution in [1.82, 2.24) is 10.2 Å². The largest absolute Gasteiger partial charge is 0.496 e. The molecular weight excluding hydrogens is 384 g/mol. The lowest BCUT2D eigenvalue weighted by atomic mass is 10.0. The summed E-state index contributed by atoms with van der Waals surface area (Å²) in [6, 6.07) is 9.79. The standard InChI is InChI=1S/C23H28N2O5/c1-15-20(27-2)11-17(12-21(15)28-3)23(26)24-18-6-8-25(9-7-18)13-16-4-5-19-22(10-16)30-14-29-19/h4-5,10-12,18H,6-9,13-14H2,1-3H3,(H,24,26). The van der Waals surface area contributed by atoms with Crippen molar-refractivity contribution < 1.29 is 23.7 Å². The molecule has 2 aromatic carbocycles. The van der Waals surface area contributed by atoms with Gasteiger partial charge >= 0.3 is 0 Å². The molecule has 0 atom stereocenters. The molecule has 1 N–H and O–H groups in total. The molecule has 30 heavy (non-hydrogen) atoms. The smallest absolute Gasteiger partial charge is 0.251 e. The summed E-state index contributed by atoms with van der Waals surface area (Å²) in [5.74, 6) is 2.83. The molecule has 1 fully saturated rings. The van der Waals surface area contributed by atoms with Crippen LogP contribution in [0.4, 0.5) is 0 Å². The number of carbonyl (C=O) groups excluding carboxylic acids is 1. The van der Waals surface area contributed by atoms with Crippen LogP contribution in [0.1, 0.15) is 34.3 Å². The van der Waals surface area contributed by atoms with Crippen molar-refractivity contribution in [1.29, 1.82) is 0 Å². The van der Waals surface area contributed by atoms with Crippen molar-refractivity contribution in [2.45, 2.75) is 32.4 Å². The van der Waals surface area contributed by atoms with Gasteiger partial charge in [0.25, 0.3) is 5.91 Å². The summed E-state index contributed by atoms with van der Waals surface area (Å²) in [4.78, 5) is 15.2. The van der Waals surface area contributed by atoms with Crippen LogP contribution in [0.2, 0.25) is 0 Å². The van der Waals surface area contributed by atoms with E-state index in [2.05, 4.69) is 16.3 Å². The lowest BCUT2D eigenvalue weighted by Crippen LogP contribution is -2.44. The summed E-state index contributed by atoms with van der Waals surface area (Å²) in [6.45, 7) is 4.93. The Bertz CT molecular complexity index is 897. The Morgan fingerprint density at radius 1 is 1.07 bits per heavy atom. The van der Waals surface area contributed by atoms with Crippen LogP contribution < -0.4 is 24.3 Å². The van der Waals surface area contributed by atoms with Gasteiger partial charge in [-0.3, -0.25) is 9.69 Å². The number of likely N-dealkylation sites (tertiary alicyclic amines) is 1. The number of fused-ring (bicyclic) bond motifs is 1. The zero-order valence-electron chi connectivity index (χ0n) is 17.7. The van der Waals surface area contributed by atoms with Crippen molar-refractivity contribution in [3.05, 3.63) is 47.0 Å². The normalized spacial score (nSPS) is 16.4. The molecular formula is C23H28N2O5. The van der Waals surface area contributed by atoms with Gasteiger partial charge in [-0.05, 0) is 49.6 Å². The third-order valence-corrected chi connectivity index (χ3v) is 5.78. The van der Waals surface area contributed by atoms with Gasteiger partial charge in [0, 0.05) is 36.8 Å². The second kappa shape index (κ2) is 8.83. The molecule has 2 aliphatic heterocycles. The number of ether oxygens (including phenoxy) is 4. The Morgan fingerprint density at radius 3 is 2.40 bits per heavy atom. The molecule has 1 saturated heterocycles. The molecule has 2 aliphatic rings. The first-order chi connectivity index (χ1) is 14.6. The Labute approximate surface area is 176 Å². The van der Waals surface area contributed by atoms with E-state index in [1.165, 1.54) is 5.56 Å². The number of carbonyl (C=O) groups is 1. The lowest BCUT2D eigenvalue weighted by Gasteiger charge is -2.32. The Hall–Kier alpha value is -2.93. The minimum absolute atomic E-state index is 0.0965. The van der Waals surface area contributed by atoms with Crippen LogP contribution in [-0.2, 0) is 6.54 Å². The zero-order valence-corrected chi connectivity index (χ0v) is 17.7. The number of hydrogen-bond acceptors (Lipinski definition) is 6. The second-order valence-corrected chi connectivity index (χ2v) is 7.72. The van der Waals surface area contributed by atoms with Gasteiger partial charge in [0.2, 0.25) is 6.79 Å². The van der Waals surface area contributed by atoms with Crippen LogP contribution in [0.15, 0.2) is 30.3 Å². The first-order valence-corrected chi connectivity index (χ1v) is 10.2. The molecule has 0 bridgehead atoms. The Kier molecular flexibility index (Phi) is 5.99. The Morgan fingerprint density at radius 2 is 1.73 bits per heavy atom. The molecule has 160 valence electrons. The maximum absolute atomic E-state index is 12.8. The quantitative estimate of drug-likeness (QED) is 0.786. The van der Waals surface area contributed by atoms with E-state index in [-0.39, 0.29) is 11.9 Å². The van der Waals surface area contributed by atoms with Gasteiger partial charge < -0.3 is 24.3 Å². The SMILES string of the molecule is COc1cc(C(=O)NC2CCN(Cc3ccc4c(c3)OCO4)CC2)cc(OC)c1C. The lowest BCUT2D eigenvalue weighted by molar-refractivity contribution is 0.0908. The topological polar surface area (TPSA) is 69.3 Å². The summed E-state index contributed by atoms with van der Waals surface area (Å²) < 4.78 is 21.6. The minimum Gasteiger partial charge on any atom is -0.496 e. The van der Waals surface area contributed by atoms with Gasteiger partial charge in [-0.15, -0.1) is 0 Å². The number of rotatable bonds is 6. The Balaban J connectivity index is 1.32. The highest BCUT2D eigenvalue weighted by Gasteiger charge is 2.23. The van der Waals surface area contributed by atoms with Crippen molar-refractivity contribution in [3.8, 4) is 23.0 Å². The molecule has 0 aliphatic carbocycles. The van der Waals surface area contributed by atoms with E-state index < -0.39 is 0 Å². The molecule has 0 radical (unpaired) electrons. The number of methoxy groups -OCH3 is 2. The van der Waals surface area contributed by atoms with Crippen LogP contribution in [0.5, 0.6) is 23.0 Å². The van der Waals surface area contributed by atoms with Crippen LogP contribution in [0.25, 0.3) is 0 Å². The molecule has 7 heteroatoms. The van der Waals surface area contributed by atoms with Gasteiger partial charge in [-0.1, -0.05) is 6.07 Å². The summed E-state index contributed by atoms with van der Waals surface area (Å²) in [6.07, 6.45) is 1.83. The fraction of sp³-hybridized carbons (Fsp3) is 0.435. The first kappa shape index (κ1) is 20.3. The molecule has 0 spiro atoms. The van der Waals surface area contributed by atoms with Crippen LogP contribution in [0, 0.1) is 6.92 Å². The van der Waals surface area contributed by atoms with Crippen molar-refractivity contribution in [2.75, 3.05) is 34.1 Å². The molecule has 7 nitrogen and oxygen atoms in total. The first-order valence-electron chi connectivity index (χ1n) is 10.2. The molecule has 2 aromatic rings. The molecule has 1 amide bonds. The fourth-order valence-corrected chi connectivity index (χ4v) is 4.02. The monoisotopic (exact) mass is 412 g/mol. The van der Waals surface area contributed by atoms with Gasteiger partial charge in [0.15, 0.2) is 11.5 Å². The molecule has 0 aromatic heterocycles. The van der Waals surface area contributed by atoms with Crippen molar-refractivity contribution >= 4 is 5.91 Å². The van der Waals surface area contributed by atoms with E-state index in [9.17, 15) is 4.79 Å². The summed E-state index contributed by atoms with van der Waals surface area (Å²) in [7, 11) is 3.19. The fourth-order valence-electron chi connectivity index (χ4n) is 4.02. The highest BCUT2D eigenvalue weighted by molar-refractivity contribution is 5.95. The number of amides is 1. The predicted octanol–water partition coefficient (Wildman–Crippen LogP) is 3.14. The van der Waals surface area contributed by atoms with E-state index in [0.717, 1.165) is 49.5 Å². The zero-order chi connectivity index (χ0) is 21.1. The summed E-state index contributed by atoms with van der Waals surface area (Å²) >= 11 is 0. The predicted molar refractivity (Wildman–Crippen MR) is 113 cm³/mol. The number of benzene rings is 2. The average molecular weight is 412 g/mol. The number of nitrogens with one attached hydrogen (secondary N) is 1. The number of piperidine rings is 1. The molecule has 4 rings (SSSR count). The van der Waals surface area contributed by atoms with Gasteiger partial charge in [0.1, 0.15) is 11.5 Å². The third kappa shape index (κ3) is 4.31. The maximum atomic E-state index is 12.8. The number of nitrogens with zero attached hydrogens (tertiary/aromatic N) is 1. The highest BCUT2D eigenvalue weighted by atomic mass is 16.7. The van der Waals surface area contributed by atoms with Crippen LogP contribution in [0.3, 0.4) is 0 Å². The second-order valence-electron chi connectivity index (χ2n) is 7.72. The van der Waals surface area contributed by atoms with E-state index in [0.29, 0.717) is 23.9 Å². The van der Waals surface area contributed by atoms with Crippen molar-refractivity contribution in [2.24, 2.45) is 0 Å². The van der Waals surface area contributed by atoms with Gasteiger partial charge in [-0.2, -0.15) is 0 Å². The van der Waals surface area contributed by atoms with E-state index >= 15 is 0 Å². The van der Waals surface area contributed by atoms with E-state index in [4.69, 9.17) is 18.9 Å². The van der Waals surface area contributed by atoms with Crippen molar-refractivity contribution in [3.63, 3.8) is 0 Å². The highest BCUT2D eigenvalue weighted by Crippen LogP contribution is 2.33.